The van der Waals surface area contributed by atoms with Crippen molar-refractivity contribution in [2.24, 2.45) is 0 Å². The Morgan fingerprint density at radius 1 is 0.897 bits per heavy atom. The second-order valence-electron chi connectivity index (χ2n) is 6.54. The molecule has 0 amide bonds. The molecule has 3 heterocycles. The van der Waals surface area contributed by atoms with Gasteiger partial charge in [0.05, 0.1) is 21.6 Å². The summed E-state index contributed by atoms with van der Waals surface area (Å²) in [6.45, 7) is 0.630. The molecule has 7 heteroatoms. The number of hydrogen-bond donors (Lipinski definition) is 2. The summed E-state index contributed by atoms with van der Waals surface area (Å²) in [5.74, 6) is 1.06. The number of fused-ring (bicyclic) bond motifs is 1. The Morgan fingerprint density at radius 2 is 1.66 bits per heavy atom. The van der Waals surface area contributed by atoms with E-state index in [1.54, 1.807) is 16.0 Å². The third-order valence-electron chi connectivity index (χ3n) is 4.62. The summed E-state index contributed by atoms with van der Waals surface area (Å²) in [4.78, 5) is 10.4. The lowest BCUT2D eigenvalue weighted by atomic mass is 10.2. The lowest BCUT2D eigenvalue weighted by molar-refractivity contribution is 0.899. The summed E-state index contributed by atoms with van der Waals surface area (Å²) in [5.41, 5.74) is 9.90. The van der Waals surface area contributed by atoms with Gasteiger partial charge in [-0.3, -0.25) is 0 Å². The van der Waals surface area contributed by atoms with Crippen LogP contribution < -0.4 is 11.1 Å². The van der Waals surface area contributed by atoms with Crippen molar-refractivity contribution in [3.63, 3.8) is 0 Å². The lowest BCUT2D eigenvalue weighted by Gasteiger charge is -2.07. The Labute approximate surface area is 171 Å². The zero-order chi connectivity index (χ0) is 19.6. The Balaban J connectivity index is 1.63. The van der Waals surface area contributed by atoms with Gasteiger partial charge in [-0.15, -0.1) is 16.4 Å². The number of thiophene rings is 1. The minimum Gasteiger partial charge on any atom is -0.383 e. The van der Waals surface area contributed by atoms with E-state index < -0.39 is 0 Å². The largest absolute Gasteiger partial charge is 0.383 e. The fourth-order valence-corrected chi connectivity index (χ4v) is 3.95. The first kappa shape index (κ1) is 17.4. The summed E-state index contributed by atoms with van der Waals surface area (Å²) < 4.78 is 1.72. The molecule has 0 aliphatic heterocycles. The highest BCUT2D eigenvalue weighted by Crippen LogP contribution is 2.34. The number of nitrogens with one attached hydrogen (secondary N) is 1. The van der Waals surface area contributed by atoms with Crippen LogP contribution in [0.2, 0.25) is 0 Å². The minimum absolute atomic E-state index is 0.530. The van der Waals surface area contributed by atoms with Gasteiger partial charge >= 0.3 is 0 Å². The fourth-order valence-electron chi connectivity index (χ4n) is 3.23. The zero-order valence-electron chi connectivity index (χ0n) is 15.5. The molecular formula is C22H18N6S. The van der Waals surface area contributed by atoms with E-state index in [-0.39, 0.29) is 0 Å². The second kappa shape index (κ2) is 7.37. The number of hydrogen-bond acceptors (Lipinski definition) is 6. The molecule has 0 aliphatic carbocycles. The summed E-state index contributed by atoms with van der Waals surface area (Å²) in [6, 6.07) is 24.0. The quantitative estimate of drug-likeness (QED) is 0.447. The number of rotatable bonds is 5. The van der Waals surface area contributed by atoms with E-state index in [9.17, 15) is 0 Å². The summed E-state index contributed by atoms with van der Waals surface area (Å²) in [5, 5.41) is 10.8. The van der Waals surface area contributed by atoms with E-state index in [1.165, 1.54) is 0 Å². The summed E-state index contributed by atoms with van der Waals surface area (Å²) in [6.07, 6.45) is 0. The Morgan fingerprint density at radius 3 is 2.38 bits per heavy atom. The molecule has 3 aromatic heterocycles. The third kappa shape index (κ3) is 3.32. The number of nitrogens with two attached hydrogens (primary N) is 1. The number of nitrogens with zero attached hydrogens (tertiary/aromatic N) is 4. The molecular weight excluding hydrogens is 380 g/mol. The van der Waals surface area contributed by atoms with Gasteiger partial charge in [0, 0.05) is 6.54 Å². The SMILES string of the molecule is Nc1c2c(-c3cccs3)nc(NCc3ccccc3)nc2nn1-c1ccccc1. The van der Waals surface area contributed by atoms with Gasteiger partial charge in [-0.05, 0) is 29.1 Å². The molecule has 0 radical (unpaired) electrons. The van der Waals surface area contributed by atoms with Crippen molar-refractivity contribution in [3.8, 4) is 16.3 Å². The van der Waals surface area contributed by atoms with E-state index in [1.807, 2.05) is 66.0 Å². The average Bonchev–Trinajstić information content (AvgIpc) is 3.42. The minimum atomic E-state index is 0.530. The van der Waals surface area contributed by atoms with Gasteiger partial charge in [0.1, 0.15) is 5.82 Å². The highest BCUT2D eigenvalue weighted by Gasteiger charge is 2.19. The molecule has 0 spiro atoms. The fraction of sp³-hybridized carbons (Fsp3) is 0.0455. The first-order valence-electron chi connectivity index (χ1n) is 9.23. The molecule has 0 atom stereocenters. The average molecular weight is 398 g/mol. The highest BCUT2D eigenvalue weighted by molar-refractivity contribution is 7.13. The molecule has 0 unspecified atom stereocenters. The van der Waals surface area contributed by atoms with Crippen molar-refractivity contribution >= 4 is 34.1 Å². The molecule has 0 saturated carbocycles. The maximum absolute atomic E-state index is 6.50. The molecule has 142 valence electrons. The van der Waals surface area contributed by atoms with Crippen molar-refractivity contribution < 1.29 is 0 Å². The van der Waals surface area contributed by atoms with Crippen molar-refractivity contribution in [2.75, 3.05) is 11.1 Å². The highest BCUT2D eigenvalue weighted by atomic mass is 32.1. The van der Waals surface area contributed by atoms with Crippen LogP contribution in [0, 0.1) is 0 Å². The number of nitrogen functional groups attached to an aromatic ring is 1. The van der Waals surface area contributed by atoms with E-state index in [4.69, 9.17) is 10.7 Å². The van der Waals surface area contributed by atoms with Crippen LogP contribution in [0.3, 0.4) is 0 Å². The monoisotopic (exact) mass is 398 g/mol. The normalized spacial score (nSPS) is 11.0. The molecule has 5 rings (SSSR count). The van der Waals surface area contributed by atoms with E-state index in [0.717, 1.165) is 27.2 Å². The number of anilines is 2. The molecule has 3 N–H and O–H groups in total. The van der Waals surface area contributed by atoms with Crippen LogP contribution in [0.25, 0.3) is 27.3 Å². The smallest absolute Gasteiger partial charge is 0.225 e. The predicted octanol–water partition coefficient (Wildman–Crippen LogP) is 4.74. The number of benzene rings is 2. The van der Waals surface area contributed by atoms with Crippen molar-refractivity contribution in [3.05, 3.63) is 83.7 Å². The van der Waals surface area contributed by atoms with Crippen LogP contribution in [0.4, 0.5) is 11.8 Å². The van der Waals surface area contributed by atoms with Gasteiger partial charge in [0.25, 0.3) is 0 Å². The Bertz CT molecular complexity index is 1250. The molecule has 0 fully saturated rings. The van der Waals surface area contributed by atoms with Crippen molar-refractivity contribution in [2.45, 2.75) is 6.54 Å². The molecule has 0 aliphatic rings. The van der Waals surface area contributed by atoms with Gasteiger partial charge < -0.3 is 11.1 Å². The summed E-state index contributed by atoms with van der Waals surface area (Å²) >= 11 is 1.62. The molecule has 6 nitrogen and oxygen atoms in total. The zero-order valence-corrected chi connectivity index (χ0v) is 16.3. The molecule has 0 saturated heterocycles. The van der Waals surface area contributed by atoms with Crippen LogP contribution in [-0.2, 0) is 6.54 Å². The Hall–Kier alpha value is -3.71. The van der Waals surface area contributed by atoms with Crippen LogP contribution in [0.15, 0.2) is 78.2 Å². The van der Waals surface area contributed by atoms with Gasteiger partial charge in [-0.2, -0.15) is 4.98 Å². The maximum atomic E-state index is 6.50. The van der Waals surface area contributed by atoms with Gasteiger partial charge in [0.15, 0.2) is 5.65 Å². The van der Waals surface area contributed by atoms with E-state index >= 15 is 0 Å². The number of para-hydroxylation sites is 1. The Kier molecular flexibility index (Phi) is 4.42. The van der Waals surface area contributed by atoms with E-state index in [2.05, 4.69) is 27.5 Å². The predicted molar refractivity (Wildman–Crippen MR) is 118 cm³/mol. The van der Waals surface area contributed by atoms with Crippen LogP contribution in [0.5, 0.6) is 0 Å². The topological polar surface area (TPSA) is 81.7 Å². The summed E-state index contributed by atoms with van der Waals surface area (Å²) in [7, 11) is 0. The first-order valence-corrected chi connectivity index (χ1v) is 10.1. The molecule has 5 aromatic rings. The second-order valence-corrected chi connectivity index (χ2v) is 7.49. The van der Waals surface area contributed by atoms with Crippen LogP contribution >= 0.6 is 11.3 Å². The first-order chi connectivity index (χ1) is 14.3. The molecule has 2 aromatic carbocycles. The van der Waals surface area contributed by atoms with Crippen LogP contribution in [-0.4, -0.2) is 19.7 Å². The van der Waals surface area contributed by atoms with Gasteiger partial charge in [0.2, 0.25) is 5.95 Å². The van der Waals surface area contributed by atoms with Crippen molar-refractivity contribution in [1.29, 1.82) is 0 Å². The van der Waals surface area contributed by atoms with Gasteiger partial charge in [-0.25, -0.2) is 9.67 Å². The van der Waals surface area contributed by atoms with E-state index in [0.29, 0.717) is 24.0 Å². The molecule has 0 bridgehead atoms. The molecule has 29 heavy (non-hydrogen) atoms. The van der Waals surface area contributed by atoms with Crippen molar-refractivity contribution in [1.82, 2.24) is 19.7 Å². The number of aromatic nitrogens is 4. The third-order valence-corrected chi connectivity index (χ3v) is 5.49. The van der Waals surface area contributed by atoms with Crippen LogP contribution in [0.1, 0.15) is 5.56 Å². The lowest BCUT2D eigenvalue weighted by Crippen LogP contribution is -2.04. The maximum Gasteiger partial charge on any atom is 0.225 e. The standard InChI is InChI=1S/C22H18N6S/c23-20-18-19(17-12-7-13-29-17)25-22(24-14-15-8-3-1-4-9-15)26-21(18)27-28(20)16-10-5-2-6-11-16/h1-13H,14,23H2,(H,24,26,27). The van der Waals surface area contributed by atoms with Gasteiger partial charge in [-0.1, -0.05) is 54.6 Å².